The maximum Gasteiger partial charge on any atom is 0.306 e. The Balaban J connectivity index is 2.63. The van der Waals surface area contributed by atoms with E-state index in [2.05, 4.69) is 74.7 Å². The number of hydrogen-bond acceptors (Lipinski definition) is 10. The van der Waals surface area contributed by atoms with Crippen LogP contribution in [0.15, 0.2) is 60.8 Å². The van der Waals surface area contributed by atoms with Crippen molar-refractivity contribution in [2.45, 2.75) is 346 Å². The molecule has 0 aromatic heterocycles. The van der Waals surface area contributed by atoms with Crippen LogP contribution in [0.5, 0.6) is 0 Å². The Kier molecular flexibility index (Phi) is 52.6. The van der Waals surface area contributed by atoms with Crippen LogP contribution in [-0.2, 0) is 23.8 Å². The number of carbonyl (C=O) groups is 2. The molecule has 1 fully saturated rings. The van der Waals surface area contributed by atoms with Crippen LogP contribution in [0.1, 0.15) is 297 Å². The third-order valence-corrected chi connectivity index (χ3v) is 15.4. The minimum absolute atomic E-state index is 0.125. The maximum atomic E-state index is 13.5. The Morgan fingerprint density at radius 1 is 0.494 bits per heavy atom. The van der Waals surface area contributed by atoms with Gasteiger partial charge >= 0.3 is 5.97 Å². The molecule has 0 spiro atoms. The number of amides is 1. The molecule has 0 aromatic carbocycles. The first-order chi connectivity index (χ1) is 38.7. The molecule has 11 nitrogen and oxygen atoms in total. The molecule has 1 amide bonds. The molecular weight excluding hydrogens is 991 g/mol. The average Bonchev–Trinajstić information content (AvgIpc) is 3.48. The Labute approximate surface area is 484 Å². The molecule has 0 bridgehead atoms. The third-order valence-electron chi connectivity index (χ3n) is 15.4. The Hall–Kier alpha value is -2.64. The number of aliphatic hydroxyl groups is 5. The van der Waals surface area contributed by atoms with Gasteiger partial charge in [0.15, 0.2) is 12.4 Å². The molecule has 8 unspecified atom stereocenters. The fourth-order valence-electron chi connectivity index (χ4n) is 10.2. The molecule has 1 saturated heterocycles. The summed E-state index contributed by atoms with van der Waals surface area (Å²) in [5, 5.41) is 57.1. The van der Waals surface area contributed by atoms with E-state index in [0.717, 1.165) is 83.5 Å². The molecular formula is C68H123NO10. The number of hydrogen-bond donors (Lipinski definition) is 6. The van der Waals surface area contributed by atoms with Crippen molar-refractivity contribution in [3.63, 3.8) is 0 Å². The zero-order chi connectivity index (χ0) is 57.5. The quantitative estimate of drug-likeness (QED) is 0.0195. The van der Waals surface area contributed by atoms with Gasteiger partial charge in [-0.15, -0.1) is 0 Å². The molecule has 1 aliphatic rings. The first-order valence-corrected chi connectivity index (χ1v) is 33.1. The lowest BCUT2D eigenvalue weighted by molar-refractivity contribution is -0.305. The van der Waals surface area contributed by atoms with Crippen molar-refractivity contribution < 1.29 is 49.3 Å². The summed E-state index contributed by atoms with van der Waals surface area (Å²) in [7, 11) is 0. The van der Waals surface area contributed by atoms with Crippen molar-refractivity contribution in [1.82, 2.24) is 5.32 Å². The Morgan fingerprint density at radius 2 is 0.873 bits per heavy atom. The molecule has 0 aliphatic carbocycles. The van der Waals surface area contributed by atoms with Gasteiger partial charge in [0.2, 0.25) is 5.91 Å². The van der Waals surface area contributed by atoms with Gasteiger partial charge in [-0.3, -0.25) is 9.59 Å². The van der Waals surface area contributed by atoms with Gasteiger partial charge in [-0.05, 0) is 70.6 Å². The lowest BCUT2D eigenvalue weighted by atomic mass is 9.99. The fourth-order valence-corrected chi connectivity index (χ4v) is 10.2. The Morgan fingerprint density at radius 3 is 1.33 bits per heavy atom. The smallest absolute Gasteiger partial charge is 0.306 e. The van der Waals surface area contributed by atoms with Crippen molar-refractivity contribution >= 4 is 11.9 Å². The van der Waals surface area contributed by atoms with Gasteiger partial charge in [0.05, 0.1) is 25.4 Å². The van der Waals surface area contributed by atoms with Gasteiger partial charge in [0, 0.05) is 6.42 Å². The Bertz CT molecular complexity index is 1510. The van der Waals surface area contributed by atoms with Gasteiger partial charge in [0.25, 0.3) is 0 Å². The minimum atomic E-state index is -1.61. The van der Waals surface area contributed by atoms with Crippen molar-refractivity contribution in [3.05, 3.63) is 60.8 Å². The maximum absolute atomic E-state index is 13.5. The standard InChI is InChI=1S/C68H123NO10/c1-4-7-10-13-16-19-22-25-26-27-28-29-30-31-32-33-34-35-38-40-43-46-49-52-55-61(72)67(76)69-59(60(71)54-51-48-45-42-39-36-23-20-17-14-11-8-5-2)58-77-68-66(65(75)64(74)62(57-70)78-68)79-63(73)56-53-50-47-44-41-37-24-21-18-15-12-9-6-3/h16,19,25-26,28-29,31-32,51,54,59-62,64-66,68,70-72,74-75H,4-15,17-18,20-24,27,30,33-50,52-53,55-58H2,1-3H3,(H,69,76)/b19-16-,26-25-,29-28-,32-31-,54-51+. The summed E-state index contributed by atoms with van der Waals surface area (Å²) in [6, 6.07) is -1.03. The highest BCUT2D eigenvalue weighted by atomic mass is 16.7. The SMILES string of the molecule is CCCCC/C=C\C/C=C\C/C=C\C/C=C\CCCCCCCCCCC(O)C(=O)NC(COC1OC(CO)C(O)C(O)C1OC(=O)CCCCCCCCCCCCCCC)C(O)/C=C/CCCCCCCCCCCCC. The summed E-state index contributed by atoms with van der Waals surface area (Å²) < 4.78 is 17.6. The van der Waals surface area contributed by atoms with Crippen molar-refractivity contribution in [3.8, 4) is 0 Å². The van der Waals surface area contributed by atoms with Crippen molar-refractivity contribution in [1.29, 1.82) is 0 Å². The number of aliphatic hydroxyl groups excluding tert-OH is 5. The molecule has 0 saturated carbocycles. The number of allylic oxidation sites excluding steroid dienone is 9. The van der Waals surface area contributed by atoms with E-state index < -0.39 is 67.4 Å². The van der Waals surface area contributed by atoms with Crippen LogP contribution < -0.4 is 5.32 Å². The van der Waals surface area contributed by atoms with Gasteiger partial charge in [-0.2, -0.15) is 0 Å². The van der Waals surface area contributed by atoms with Crippen molar-refractivity contribution in [2.24, 2.45) is 0 Å². The summed E-state index contributed by atoms with van der Waals surface area (Å²) in [6.45, 7) is 5.77. The van der Waals surface area contributed by atoms with Crippen LogP contribution in [0.2, 0.25) is 0 Å². The average molecular weight is 1110 g/mol. The van der Waals surface area contributed by atoms with E-state index in [1.165, 1.54) is 167 Å². The summed E-state index contributed by atoms with van der Waals surface area (Å²) in [4.78, 5) is 26.6. The predicted molar refractivity (Wildman–Crippen MR) is 329 cm³/mol. The van der Waals surface area contributed by atoms with E-state index in [1.54, 1.807) is 6.08 Å². The molecule has 79 heavy (non-hydrogen) atoms. The van der Waals surface area contributed by atoms with Crippen LogP contribution in [0.25, 0.3) is 0 Å². The minimum Gasteiger partial charge on any atom is -0.454 e. The number of esters is 1. The largest absolute Gasteiger partial charge is 0.454 e. The number of ether oxygens (including phenoxy) is 3. The molecule has 0 radical (unpaired) electrons. The monoisotopic (exact) mass is 1110 g/mol. The first kappa shape index (κ1) is 74.4. The molecule has 1 rings (SSSR count). The zero-order valence-corrected chi connectivity index (χ0v) is 51.0. The highest BCUT2D eigenvalue weighted by Gasteiger charge is 2.47. The van der Waals surface area contributed by atoms with Crippen molar-refractivity contribution in [2.75, 3.05) is 13.2 Å². The van der Waals surface area contributed by atoms with Crippen LogP contribution in [0.4, 0.5) is 0 Å². The fraction of sp³-hybridized carbons (Fsp3) is 0.824. The zero-order valence-electron chi connectivity index (χ0n) is 51.0. The number of carbonyl (C=O) groups excluding carboxylic acids is 2. The van der Waals surface area contributed by atoms with E-state index in [9.17, 15) is 35.1 Å². The molecule has 0 aromatic rings. The van der Waals surface area contributed by atoms with E-state index in [4.69, 9.17) is 14.2 Å². The third kappa shape index (κ3) is 43.7. The summed E-state index contributed by atoms with van der Waals surface area (Å²) in [5.41, 5.74) is 0. The first-order valence-electron chi connectivity index (χ1n) is 33.1. The lowest BCUT2D eigenvalue weighted by Crippen LogP contribution is -2.61. The van der Waals surface area contributed by atoms with Gasteiger partial charge in [-0.25, -0.2) is 0 Å². The molecule has 1 heterocycles. The van der Waals surface area contributed by atoms with Gasteiger partial charge in [-0.1, -0.05) is 281 Å². The number of rotatable bonds is 56. The van der Waals surface area contributed by atoms with Crippen LogP contribution in [0, 0.1) is 0 Å². The lowest BCUT2D eigenvalue weighted by Gasteiger charge is -2.41. The normalized spacial score (nSPS) is 19.2. The van der Waals surface area contributed by atoms with Gasteiger partial charge in [0.1, 0.15) is 24.4 Å². The molecule has 460 valence electrons. The second-order valence-electron chi connectivity index (χ2n) is 22.9. The second kappa shape index (κ2) is 55.9. The molecule has 6 N–H and O–H groups in total. The summed E-state index contributed by atoms with van der Waals surface area (Å²) in [6.07, 6.45) is 59.7. The predicted octanol–water partition coefficient (Wildman–Crippen LogP) is 16.2. The van der Waals surface area contributed by atoms with E-state index in [1.807, 2.05) is 6.08 Å². The number of unbranched alkanes of at least 4 members (excludes halogenated alkanes) is 34. The van der Waals surface area contributed by atoms with E-state index >= 15 is 0 Å². The van der Waals surface area contributed by atoms with Crippen LogP contribution in [0.3, 0.4) is 0 Å². The highest BCUT2D eigenvalue weighted by molar-refractivity contribution is 5.80. The number of nitrogens with one attached hydrogen (secondary N) is 1. The summed E-state index contributed by atoms with van der Waals surface area (Å²) in [5.74, 6) is -1.19. The van der Waals surface area contributed by atoms with Crippen LogP contribution >= 0.6 is 0 Å². The molecule has 8 atom stereocenters. The topological polar surface area (TPSA) is 175 Å². The van der Waals surface area contributed by atoms with Gasteiger partial charge < -0.3 is 45.1 Å². The highest BCUT2D eigenvalue weighted by Crippen LogP contribution is 2.26. The molecule has 1 aliphatic heterocycles. The molecule has 11 heteroatoms. The van der Waals surface area contributed by atoms with E-state index in [-0.39, 0.29) is 19.4 Å². The van der Waals surface area contributed by atoms with E-state index in [0.29, 0.717) is 12.8 Å². The summed E-state index contributed by atoms with van der Waals surface area (Å²) >= 11 is 0. The second-order valence-corrected chi connectivity index (χ2v) is 22.9. The van der Waals surface area contributed by atoms with Crippen LogP contribution in [-0.4, -0.2) is 99.6 Å².